The SMILES string of the molecule is CCOC(O)C(C)CCC(Cc1ccc(SCC(C)C)cc1)C(F)(F)N=[N+]=[N-]. The Balaban J connectivity index is 2.81. The molecule has 5 nitrogen and oxygen atoms in total. The molecule has 0 aliphatic heterocycles. The minimum Gasteiger partial charge on any atom is -0.368 e. The molecule has 0 aromatic heterocycles. The number of rotatable bonds is 13. The number of hydrogen-bond acceptors (Lipinski definition) is 4. The van der Waals surface area contributed by atoms with E-state index in [1.807, 2.05) is 24.3 Å². The van der Waals surface area contributed by atoms with Crippen molar-refractivity contribution in [3.05, 3.63) is 40.3 Å². The summed E-state index contributed by atoms with van der Waals surface area (Å²) < 4.78 is 33.8. The molecule has 0 heterocycles. The van der Waals surface area contributed by atoms with Crippen LogP contribution < -0.4 is 0 Å². The Labute approximate surface area is 170 Å². The standard InChI is InChI=1S/C20H31F2N3O2S/c1-5-27-19(26)15(4)6-9-17(20(21,22)24-25-23)12-16-7-10-18(11-8-16)28-13-14(2)3/h7-8,10-11,14-15,17,19,26H,5-6,9,12-13H2,1-4H3. The van der Waals surface area contributed by atoms with E-state index in [-0.39, 0.29) is 18.8 Å². The zero-order chi connectivity index (χ0) is 21.2. The Bertz CT molecular complexity index is 622. The molecule has 158 valence electrons. The van der Waals surface area contributed by atoms with Crippen LogP contribution in [-0.2, 0) is 11.2 Å². The summed E-state index contributed by atoms with van der Waals surface area (Å²) in [7, 11) is 0. The van der Waals surface area contributed by atoms with Crippen LogP contribution >= 0.6 is 11.8 Å². The number of azide groups is 1. The van der Waals surface area contributed by atoms with Gasteiger partial charge in [-0.25, -0.2) is 0 Å². The summed E-state index contributed by atoms with van der Waals surface area (Å²) >= 11 is 1.74. The maximum absolute atomic E-state index is 14.3. The number of alkyl halides is 2. The van der Waals surface area contributed by atoms with Crippen molar-refractivity contribution in [1.82, 2.24) is 0 Å². The summed E-state index contributed by atoms with van der Waals surface area (Å²) in [4.78, 5) is 3.42. The van der Waals surface area contributed by atoms with Gasteiger partial charge in [-0.15, -0.1) is 11.8 Å². The largest absolute Gasteiger partial charge is 0.368 e. The normalized spacial score (nSPS) is 15.1. The summed E-state index contributed by atoms with van der Waals surface area (Å²) in [6.45, 7) is 8.16. The van der Waals surface area contributed by atoms with Gasteiger partial charge in [-0.2, -0.15) is 8.78 Å². The molecule has 3 unspecified atom stereocenters. The minimum atomic E-state index is -3.49. The summed E-state index contributed by atoms with van der Waals surface area (Å²) in [5.41, 5.74) is 9.28. The first-order chi connectivity index (χ1) is 13.2. The lowest BCUT2D eigenvalue weighted by molar-refractivity contribution is -0.131. The summed E-state index contributed by atoms with van der Waals surface area (Å²) in [6, 6.07) is 4.08. The fourth-order valence-corrected chi connectivity index (χ4v) is 3.60. The first-order valence-electron chi connectivity index (χ1n) is 9.65. The molecule has 0 spiro atoms. The first kappa shape index (κ1) is 24.7. The van der Waals surface area contributed by atoms with Crippen LogP contribution in [0.15, 0.2) is 34.3 Å². The Morgan fingerprint density at radius 2 is 1.86 bits per heavy atom. The van der Waals surface area contributed by atoms with Crippen LogP contribution in [0.25, 0.3) is 10.4 Å². The zero-order valence-corrected chi connectivity index (χ0v) is 17.8. The van der Waals surface area contributed by atoms with E-state index in [9.17, 15) is 13.9 Å². The highest BCUT2D eigenvalue weighted by Gasteiger charge is 2.38. The molecule has 8 heteroatoms. The number of benzene rings is 1. The second-order valence-electron chi connectivity index (χ2n) is 7.43. The molecule has 0 amide bonds. The van der Waals surface area contributed by atoms with Crippen molar-refractivity contribution in [3.8, 4) is 0 Å². The highest BCUT2D eigenvalue weighted by atomic mass is 32.2. The number of aliphatic hydroxyl groups is 1. The lowest BCUT2D eigenvalue weighted by Crippen LogP contribution is -2.29. The Morgan fingerprint density at radius 3 is 2.39 bits per heavy atom. The highest BCUT2D eigenvalue weighted by molar-refractivity contribution is 7.99. The van der Waals surface area contributed by atoms with Crippen LogP contribution in [0.4, 0.5) is 8.78 Å². The molecule has 1 rings (SSSR count). The van der Waals surface area contributed by atoms with E-state index >= 15 is 0 Å². The Kier molecular flexibility index (Phi) is 10.8. The molecular formula is C20H31F2N3O2S. The molecular weight excluding hydrogens is 384 g/mol. The van der Waals surface area contributed by atoms with E-state index < -0.39 is 18.3 Å². The van der Waals surface area contributed by atoms with E-state index in [0.29, 0.717) is 18.9 Å². The van der Waals surface area contributed by atoms with Gasteiger partial charge in [0.25, 0.3) is 0 Å². The molecule has 1 aromatic carbocycles. The van der Waals surface area contributed by atoms with Crippen LogP contribution in [0.5, 0.6) is 0 Å². The number of aliphatic hydroxyl groups excluding tert-OH is 1. The third kappa shape index (κ3) is 8.78. The quantitative estimate of drug-likeness (QED) is 0.103. The van der Waals surface area contributed by atoms with E-state index in [0.717, 1.165) is 16.2 Å². The fourth-order valence-electron chi connectivity index (χ4n) is 2.75. The second kappa shape index (κ2) is 12.3. The van der Waals surface area contributed by atoms with Crippen molar-refractivity contribution < 1.29 is 18.6 Å². The molecule has 0 saturated heterocycles. The molecule has 28 heavy (non-hydrogen) atoms. The van der Waals surface area contributed by atoms with Crippen molar-refractivity contribution in [2.75, 3.05) is 12.4 Å². The van der Waals surface area contributed by atoms with E-state index in [4.69, 9.17) is 10.3 Å². The maximum atomic E-state index is 14.3. The molecule has 0 saturated carbocycles. The van der Waals surface area contributed by atoms with Crippen LogP contribution in [-0.4, -0.2) is 29.8 Å². The smallest absolute Gasteiger partial charge is 0.328 e. The molecule has 1 aromatic rings. The highest BCUT2D eigenvalue weighted by Crippen LogP contribution is 2.35. The predicted octanol–water partition coefficient (Wildman–Crippen LogP) is 6.27. The van der Waals surface area contributed by atoms with Crippen molar-refractivity contribution in [3.63, 3.8) is 0 Å². The van der Waals surface area contributed by atoms with Gasteiger partial charge >= 0.3 is 6.05 Å². The molecule has 0 radical (unpaired) electrons. The van der Waals surface area contributed by atoms with Gasteiger partial charge in [-0.1, -0.05) is 32.9 Å². The summed E-state index contributed by atoms with van der Waals surface area (Å²) in [5, 5.41) is 12.6. The van der Waals surface area contributed by atoms with Crippen LogP contribution in [0.3, 0.4) is 0 Å². The number of nitrogens with zero attached hydrogens (tertiary/aromatic N) is 3. The molecule has 3 atom stereocenters. The number of halogens is 2. The molecule has 0 aliphatic rings. The van der Waals surface area contributed by atoms with Gasteiger partial charge < -0.3 is 9.84 Å². The third-order valence-corrected chi connectivity index (χ3v) is 5.89. The maximum Gasteiger partial charge on any atom is 0.328 e. The lowest BCUT2D eigenvalue weighted by Gasteiger charge is -2.26. The van der Waals surface area contributed by atoms with Gasteiger partial charge in [0.15, 0.2) is 6.29 Å². The van der Waals surface area contributed by atoms with Crippen LogP contribution in [0, 0.1) is 17.8 Å². The Morgan fingerprint density at radius 1 is 1.21 bits per heavy atom. The monoisotopic (exact) mass is 415 g/mol. The van der Waals surface area contributed by atoms with Gasteiger partial charge in [-0.3, -0.25) is 0 Å². The number of thioether (sulfide) groups is 1. The van der Waals surface area contributed by atoms with E-state index in [1.54, 1.807) is 25.6 Å². The topological polar surface area (TPSA) is 78.2 Å². The summed E-state index contributed by atoms with van der Waals surface area (Å²) in [5.74, 6) is 0.135. The lowest BCUT2D eigenvalue weighted by atomic mass is 9.89. The average Bonchev–Trinajstić information content (AvgIpc) is 2.64. The average molecular weight is 416 g/mol. The van der Waals surface area contributed by atoms with E-state index in [2.05, 4.69) is 23.9 Å². The molecule has 1 N–H and O–H groups in total. The van der Waals surface area contributed by atoms with Gasteiger partial charge in [0.1, 0.15) is 0 Å². The zero-order valence-electron chi connectivity index (χ0n) is 17.0. The second-order valence-corrected chi connectivity index (χ2v) is 8.52. The van der Waals surface area contributed by atoms with Crippen LogP contribution in [0.2, 0.25) is 0 Å². The van der Waals surface area contributed by atoms with Crippen LogP contribution in [0.1, 0.15) is 46.1 Å². The minimum absolute atomic E-state index is 0.0958. The Hall–Kier alpha value is -1.34. The van der Waals surface area contributed by atoms with Crippen molar-refractivity contribution in [1.29, 1.82) is 0 Å². The van der Waals surface area contributed by atoms with Crippen molar-refractivity contribution >= 4 is 11.8 Å². The predicted molar refractivity (Wildman–Crippen MR) is 109 cm³/mol. The first-order valence-corrected chi connectivity index (χ1v) is 10.6. The molecule has 0 fully saturated rings. The third-order valence-electron chi connectivity index (χ3n) is 4.45. The van der Waals surface area contributed by atoms with Gasteiger partial charge in [-0.05, 0) is 60.4 Å². The van der Waals surface area contributed by atoms with E-state index in [1.165, 1.54) is 0 Å². The van der Waals surface area contributed by atoms with Gasteiger partial charge in [0.2, 0.25) is 0 Å². The van der Waals surface area contributed by atoms with Gasteiger partial charge in [0, 0.05) is 34.0 Å². The number of hydrogen-bond donors (Lipinski definition) is 1. The van der Waals surface area contributed by atoms with Crippen molar-refractivity contribution in [2.24, 2.45) is 22.9 Å². The molecule has 0 aliphatic carbocycles. The fraction of sp³-hybridized carbons (Fsp3) is 0.700. The van der Waals surface area contributed by atoms with Crippen molar-refractivity contribution in [2.45, 2.75) is 64.2 Å². The summed E-state index contributed by atoms with van der Waals surface area (Å²) in [6.07, 6.45) is -0.444. The number of ether oxygens (including phenoxy) is 1. The van der Waals surface area contributed by atoms with Gasteiger partial charge in [0.05, 0.1) is 0 Å². The molecule has 0 bridgehead atoms.